The normalized spacial score (nSPS) is 18.6. The third kappa shape index (κ3) is 4.79. The monoisotopic (exact) mass is 522 g/mol. The summed E-state index contributed by atoms with van der Waals surface area (Å²) in [7, 11) is -3.51. The van der Waals surface area contributed by atoms with Gasteiger partial charge in [-0.3, -0.25) is 0 Å². The van der Waals surface area contributed by atoms with E-state index in [4.69, 9.17) is 0 Å². The van der Waals surface area contributed by atoms with Crippen molar-refractivity contribution in [3.8, 4) is 11.1 Å². The number of halogens is 4. The zero-order chi connectivity index (χ0) is 25.7. The summed E-state index contributed by atoms with van der Waals surface area (Å²) in [4.78, 5) is 0. The van der Waals surface area contributed by atoms with Crippen molar-refractivity contribution in [2.45, 2.75) is 75.9 Å². The second-order valence-electron chi connectivity index (χ2n) is 10.2. The first-order valence-corrected chi connectivity index (χ1v) is 14.1. The predicted molar refractivity (Wildman–Crippen MR) is 132 cm³/mol. The molecule has 0 radical (unpaired) electrons. The molecular formula is C27H30F4N2O2S. The predicted octanol–water partition coefficient (Wildman–Crippen LogP) is 7.19. The number of fused-ring (bicyclic) bond motifs is 1. The molecular weight excluding hydrogens is 492 g/mol. The molecule has 194 valence electrons. The Morgan fingerprint density at radius 3 is 2.36 bits per heavy atom. The Morgan fingerprint density at radius 2 is 1.72 bits per heavy atom. The second-order valence-corrected chi connectivity index (χ2v) is 12.2. The fraction of sp³-hybridized carbons (Fsp3) is 0.481. The molecule has 1 atom stereocenters. The molecule has 0 aliphatic heterocycles. The minimum absolute atomic E-state index is 0.115. The molecule has 2 aliphatic rings. The van der Waals surface area contributed by atoms with Crippen LogP contribution in [-0.4, -0.2) is 18.2 Å². The Balaban J connectivity index is 1.61. The fourth-order valence-electron chi connectivity index (χ4n) is 5.56. The lowest BCUT2D eigenvalue weighted by atomic mass is 9.96. The molecule has 5 rings (SSSR count). The van der Waals surface area contributed by atoms with E-state index in [0.717, 1.165) is 38.2 Å². The molecule has 2 aliphatic carbocycles. The first kappa shape index (κ1) is 25.3. The van der Waals surface area contributed by atoms with Gasteiger partial charge in [0.2, 0.25) is 10.0 Å². The fourth-order valence-corrected chi connectivity index (χ4v) is 7.33. The molecule has 2 fully saturated rings. The van der Waals surface area contributed by atoms with Gasteiger partial charge in [-0.15, -0.1) is 0 Å². The zero-order valence-electron chi connectivity index (χ0n) is 20.1. The van der Waals surface area contributed by atoms with Crippen molar-refractivity contribution in [2.75, 3.05) is 0 Å². The average Bonchev–Trinajstić information content (AvgIpc) is 3.39. The average molecular weight is 523 g/mol. The number of sulfonamides is 1. The lowest BCUT2D eigenvalue weighted by Gasteiger charge is -2.27. The Bertz CT molecular complexity index is 1370. The van der Waals surface area contributed by atoms with E-state index in [2.05, 4.69) is 4.72 Å². The summed E-state index contributed by atoms with van der Waals surface area (Å²) in [5, 5.41) is 0.108. The van der Waals surface area contributed by atoms with Crippen LogP contribution < -0.4 is 4.72 Å². The molecule has 0 amide bonds. The smallest absolute Gasteiger partial charge is 0.347 e. The van der Waals surface area contributed by atoms with Crippen molar-refractivity contribution in [3.63, 3.8) is 0 Å². The maximum absolute atomic E-state index is 15.4. The van der Waals surface area contributed by atoms with Gasteiger partial charge in [0, 0.05) is 35.2 Å². The molecule has 3 aromatic rings. The standard InChI is InChI=1S/C27H30F4N2O2S/c1-17(32-36(34,35)19-9-6-10-19)23-16-33(15-18-7-2-3-8-18)26-14-21(25(28)13-22(23)26)20-11-4-5-12-24(20)27(29,30)31/h4-5,11-14,16-19,32H,2-3,6-10,15H2,1H3/t17-/m1/s1. The first-order valence-electron chi connectivity index (χ1n) is 12.5. The van der Waals surface area contributed by atoms with Crippen LogP contribution in [0.15, 0.2) is 42.6 Å². The largest absolute Gasteiger partial charge is 0.417 e. The van der Waals surface area contributed by atoms with Gasteiger partial charge in [0.05, 0.1) is 10.8 Å². The van der Waals surface area contributed by atoms with E-state index < -0.39 is 38.9 Å². The molecule has 2 saturated carbocycles. The van der Waals surface area contributed by atoms with E-state index in [9.17, 15) is 21.6 Å². The van der Waals surface area contributed by atoms with Gasteiger partial charge in [-0.1, -0.05) is 37.5 Å². The van der Waals surface area contributed by atoms with Crippen LogP contribution in [0, 0.1) is 11.7 Å². The van der Waals surface area contributed by atoms with E-state index in [1.165, 1.54) is 30.3 Å². The molecule has 0 spiro atoms. The number of benzene rings is 2. The summed E-state index contributed by atoms with van der Waals surface area (Å²) in [5.74, 6) is -0.348. The van der Waals surface area contributed by atoms with Crippen molar-refractivity contribution in [3.05, 3.63) is 59.5 Å². The van der Waals surface area contributed by atoms with E-state index in [-0.39, 0.29) is 11.1 Å². The second kappa shape index (κ2) is 9.49. The summed E-state index contributed by atoms with van der Waals surface area (Å²) in [6.07, 6.45) is 3.74. The van der Waals surface area contributed by atoms with Gasteiger partial charge in [0.15, 0.2) is 0 Å². The lowest BCUT2D eigenvalue weighted by molar-refractivity contribution is -0.137. The highest BCUT2D eigenvalue weighted by Gasteiger charge is 2.35. The van der Waals surface area contributed by atoms with Crippen LogP contribution in [-0.2, 0) is 22.7 Å². The molecule has 0 saturated heterocycles. The minimum atomic E-state index is -4.62. The molecule has 1 aromatic heterocycles. The van der Waals surface area contributed by atoms with Gasteiger partial charge in [-0.2, -0.15) is 13.2 Å². The highest BCUT2D eigenvalue weighted by atomic mass is 32.2. The maximum atomic E-state index is 15.4. The van der Waals surface area contributed by atoms with Crippen molar-refractivity contribution >= 4 is 20.9 Å². The highest BCUT2D eigenvalue weighted by molar-refractivity contribution is 7.90. The topological polar surface area (TPSA) is 51.1 Å². The van der Waals surface area contributed by atoms with Crippen LogP contribution in [0.4, 0.5) is 17.6 Å². The molecule has 36 heavy (non-hydrogen) atoms. The third-order valence-corrected chi connectivity index (χ3v) is 9.78. The van der Waals surface area contributed by atoms with Crippen LogP contribution in [0.25, 0.3) is 22.0 Å². The van der Waals surface area contributed by atoms with Crippen molar-refractivity contribution in [1.29, 1.82) is 0 Å². The lowest BCUT2D eigenvalue weighted by Crippen LogP contribution is -2.39. The SMILES string of the molecule is C[C@@H](NS(=O)(=O)C1CCC1)c1cn(CC2CCCC2)c2cc(-c3ccccc3C(F)(F)F)c(F)cc12. The molecule has 0 unspecified atom stereocenters. The van der Waals surface area contributed by atoms with Crippen molar-refractivity contribution in [2.24, 2.45) is 5.92 Å². The van der Waals surface area contributed by atoms with Gasteiger partial charge < -0.3 is 4.57 Å². The number of rotatable bonds is 7. The zero-order valence-corrected chi connectivity index (χ0v) is 20.9. The Morgan fingerprint density at radius 1 is 1.03 bits per heavy atom. The number of hydrogen-bond acceptors (Lipinski definition) is 2. The van der Waals surface area contributed by atoms with Gasteiger partial charge >= 0.3 is 6.18 Å². The number of hydrogen-bond donors (Lipinski definition) is 1. The van der Waals surface area contributed by atoms with Crippen LogP contribution in [0.2, 0.25) is 0 Å². The Hall–Kier alpha value is -2.39. The third-order valence-electron chi connectivity index (χ3n) is 7.75. The molecule has 4 nitrogen and oxygen atoms in total. The molecule has 1 heterocycles. The van der Waals surface area contributed by atoms with Crippen LogP contribution in [0.3, 0.4) is 0 Å². The Labute approximate surface area is 208 Å². The van der Waals surface area contributed by atoms with Gasteiger partial charge in [-0.25, -0.2) is 17.5 Å². The van der Waals surface area contributed by atoms with E-state index >= 15 is 4.39 Å². The van der Waals surface area contributed by atoms with Gasteiger partial charge in [0.1, 0.15) is 5.82 Å². The van der Waals surface area contributed by atoms with Gasteiger partial charge in [-0.05, 0) is 67.9 Å². The van der Waals surface area contributed by atoms with E-state index in [1.807, 2.05) is 10.8 Å². The summed E-state index contributed by atoms with van der Waals surface area (Å²) in [6.45, 7) is 2.39. The summed E-state index contributed by atoms with van der Waals surface area (Å²) >= 11 is 0. The quantitative estimate of drug-likeness (QED) is 0.334. The molecule has 9 heteroatoms. The highest BCUT2D eigenvalue weighted by Crippen LogP contribution is 2.41. The van der Waals surface area contributed by atoms with Crippen LogP contribution in [0.1, 0.15) is 69.0 Å². The van der Waals surface area contributed by atoms with Crippen molar-refractivity contribution < 1.29 is 26.0 Å². The number of nitrogens with one attached hydrogen (secondary N) is 1. The summed E-state index contributed by atoms with van der Waals surface area (Å²) < 4.78 is 86.8. The number of alkyl halides is 3. The van der Waals surface area contributed by atoms with E-state index in [1.54, 1.807) is 6.92 Å². The first-order chi connectivity index (χ1) is 17.0. The number of aromatic nitrogens is 1. The maximum Gasteiger partial charge on any atom is 0.417 e. The summed E-state index contributed by atoms with van der Waals surface area (Å²) in [6, 6.07) is 7.14. The molecule has 2 aromatic carbocycles. The Kier molecular flexibility index (Phi) is 6.66. The molecule has 1 N–H and O–H groups in total. The van der Waals surface area contributed by atoms with E-state index in [0.29, 0.717) is 41.8 Å². The minimum Gasteiger partial charge on any atom is -0.347 e. The summed E-state index contributed by atoms with van der Waals surface area (Å²) in [5.41, 5.74) is 0.0215. The number of nitrogens with zero attached hydrogens (tertiary/aromatic N) is 1. The van der Waals surface area contributed by atoms with Crippen molar-refractivity contribution in [1.82, 2.24) is 9.29 Å². The molecule has 0 bridgehead atoms. The van der Waals surface area contributed by atoms with Crippen LogP contribution in [0.5, 0.6) is 0 Å². The van der Waals surface area contributed by atoms with Crippen LogP contribution >= 0.6 is 0 Å². The van der Waals surface area contributed by atoms with Gasteiger partial charge in [0.25, 0.3) is 0 Å².